The topological polar surface area (TPSA) is 27.1 Å². The standard InChI is InChI=1S/C15H11ClN2O/c16-12-10-17-18(11-12)13-6-8-15(9-7-13)19-14-4-2-1-3-5-14/h1-11H. The second-order valence-electron chi connectivity index (χ2n) is 4.01. The normalized spacial score (nSPS) is 10.4. The van der Waals surface area contributed by atoms with Gasteiger partial charge in [-0.15, -0.1) is 0 Å². The Labute approximate surface area is 116 Å². The van der Waals surface area contributed by atoms with Gasteiger partial charge in [-0.1, -0.05) is 29.8 Å². The number of aromatic nitrogens is 2. The fourth-order valence-corrected chi connectivity index (χ4v) is 1.87. The summed E-state index contributed by atoms with van der Waals surface area (Å²) in [4.78, 5) is 0. The molecule has 0 unspecified atom stereocenters. The van der Waals surface area contributed by atoms with Gasteiger partial charge in [0, 0.05) is 6.20 Å². The van der Waals surface area contributed by atoms with Gasteiger partial charge in [-0.2, -0.15) is 5.10 Å². The van der Waals surface area contributed by atoms with E-state index in [4.69, 9.17) is 16.3 Å². The number of halogens is 1. The van der Waals surface area contributed by atoms with Gasteiger partial charge < -0.3 is 4.74 Å². The van der Waals surface area contributed by atoms with Crippen molar-refractivity contribution < 1.29 is 4.74 Å². The highest BCUT2D eigenvalue weighted by molar-refractivity contribution is 6.30. The van der Waals surface area contributed by atoms with Crippen LogP contribution in [-0.4, -0.2) is 9.78 Å². The fourth-order valence-electron chi connectivity index (χ4n) is 1.73. The second kappa shape index (κ2) is 5.16. The summed E-state index contributed by atoms with van der Waals surface area (Å²) in [6.07, 6.45) is 3.37. The zero-order valence-electron chi connectivity index (χ0n) is 10.0. The van der Waals surface area contributed by atoms with Crippen molar-refractivity contribution in [3.63, 3.8) is 0 Å². The molecule has 1 heterocycles. The molecule has 3 rings (SSSR count). The van der Waals surface area contributed by atoms with Crippen LogP contribution in [0.5, 0.6) is 11.5 Å². The quantitative estimate of drug-likeness (QED) is 0.709. The van der Waals surface area contributed by atoms with Crippen molar-refractivity contribution >= 4 is 11.6 Å². The molecule has 0 spiro atoms. The van der Waals surface area contributed by atoms with Gasteiger partial charge in [0.15, 0.2) is 0 Å². The first-order chi connectivity index (χ1) is 9.31. The molecular weight excluding hydrogens is 260 g/mol. The molecular formula is C15H11ClN2O. The summed E-state index contributed by atoms with van der Waals surface area (Å²) < 4.78 is 7.44. The Hall–Kier alpha value is -2.26. The van der Waals surface area contributed by atoms with Crippen LogP contribution in [-0.2, 0) is 0 Å². The van der Waals surface area contributed by atoms with Gasteiger partial charge in [0.25, 0.3) is 0 Å². The van der Waals surface area contributed by atoms with Crippen LogP contribution in [0, 0.1) is 0 Å². The van der Waals surface area contributed by atoms with Crippen LogP contribution >= 0.6 is 11.6 Å². The molecule has 0 N–H and O–H groups in total. The second-order valence-corrected chi connectivity index (χ2v) is 4.45. The first-order valence-corrected chi connectivity index (χ1v) is 6.22. The number of benzene rings is 2. The van der Waals surface area contributed by atoms with E-state index in [1.54, 1.807) is 17.1 Å². The van der Waals surface area contributed by atoms with Crippen LogP contribution in [0.25, 0.3) is 5.69 Å². The predicted octanol–water partition coefficient (Wildman–Crippen LogP) is 4.32. The third-order valence-corrected chi connectivity index (χ3v) is 2.83. The number of rotatable bonds is 3. The van der Waals surface area contributed by atoms with Crippen molar-refractivity contribution in [2.24, 2.45) is 0 Å². The third kappa shape index (κ3) is 2.77. The van der Waals surface area contributed by atoms with Crippen LogP contribution in [0.3, 0.4) is 0 Å². The van der Waals surface area contributed by atoms with Crippen molar-refractivity contribution in [2.75, 3.05) is 0 Å². The van der Waals surface area contributed by atoms with E-state index in [1.807, 2.05) is 54.6 Å². The highest BCUT2D eigenvalue weighted by Gasteiger charge is 2.00. The lowest BCUT2D eigenvalue weighted by atomic mass is 10.3. The highest BCUT2D eigenvalue weighted by atomic mass is 35.5. The summed E-state index contributed by atoms with van der Waals surface area (Å²) in [6.45, 7) is 0. The predicted molar refractivity (Wildman–Crippen MR) is 75.1 cm³/mol. The van der Waals surface area contributed by atoms with Gasteiger partial charge in [-0.25, -0.2) is 4.68 Å². The molecule has 0 bridgehead atoms. The minimum absolute atomic E-state index is 0.615. The minimum atomic E-state index is 0.615. The first kappa shape index (κ1) is 11.8. The molecule has 1 aromatic heterocycles. The largest absolute Gasteiger partial charge is 0.457 e. The molecule has 0 atom stereocenters. The molecule has 94 valence electrons. The molecule has 0 radical (unpaired) electrons. The lowest BCUT2D eigenvalue weighted by molar-refractivity contribution is 0.482. The monoisotopic (exact) mass is 270 g/mol. The van der Waals surface area contributed by atoms with Crippen LogP contribution in [0.1, 0.15) is 0 Å². The molecule has 0 amide bonds. The average Bonchev–Trinajstić information content (AvgIpc) is 2.87. The SMILES string of the molecule is Clc1cnn(-c2ccc(Oc3ccccc3)cc2)c1. The Morgan fingerprint density at radius 1 is 0.895 bits per heavy atom. The minimum Gasteiger partial charge on any atom is -0.457 e. The maximum Gasteiger partial charge on any atom is 0.127 e. The lowest BCUT2D eigenvalue weighted by Crippen LogP contribution is -1.93. The fraction of sp³-hybridized carbons (Fsp3) is 0. The Bertz CT molecular complexity index is 662. The van der Waals surface area contributed by atoms with Crippen LogP contribution < -0.4 is 4.74 Å². The van der Waals surface area contributed by atoms with Gasteiger partial charge in [0.2, 0.25) is 0 Å². The Morgan fingerprint density at radius 3 is 2.21 bits per heavy atom. The Morgan fingerprint density at radius 2 is 1.58 bits per heavy atom. The average molecular weight is 271 g/mol. The van der Waals surface area contributed by atoms with Crippen molar-refractivity contribution in [2.45, 2.75) is 0 Å². The van der Waals surface area contributed by atoms with Crippen LogP contribution in [0.15, 0.2) is 67.0 Å². The lowest BCUT2D eigenvalue weighted by Gasteiger charge is -2.06. The van der Waals surface area contributed by atoms with E-state index >= 15 is 0 Å². The van der Waals surface area contributed by atoms with E-state index in [1.165, 1.54) is 0 Å². The number of nitrogens with zero attached hydrogens (tertiary/aromatic N) is 2. The van der Waals surface area contributed by atoms with Crippen molar-refractivity contribution in [3.8, 4) is 17.2 Å². The van der Waals surface area contributed by atoms with Gasteiger partial charge >= 0.3 is 0 Å². The highest BCUT2D eigenvalue weighted by Crippen LogP contribution is 2.22. The summed E-state index contributed by atoms with van der Waals surface area (Å²) in [5, 5.41) is 4.76. The van der Waals surface area contributed by atoms with Crippen molar-refractivity contribution in [1.29, 1.82) is 0 Å². The van der Waals surface area contributed by atoms with E-state index < -0.39 is 0 Å². The first-order valence-electron chi connectivity index (χ1n) is 5.85. The summed E-state index contributed by atoms with van der Waals surface area (Å²) in [7, 11) is 0. The molecule has 0 fully saturated rings. The number of ether oxygens (including phenoxy) is 1. The molecule has 0 saturated heterocycles. The molecule has 0 aliphatic heterocycles. The maximum absolute atomic E-state index is 5.84. The third-order valence-electron chi connectivity index (χ3n) is 2.63. The van der Waals surface area contributed by atoms with Crippen molar-refractivity contribution in [1.82, 2.24) is 9.78 Å². The van der Waals surface area contributed by atoms with Crippen LogP contribution in [0.4, 0.5) is 0 Å². The summed E-state index contributed by atoms with van der Waals surface area (Å²) in [5.41, 5.74) is 0.937. The Balaban J connectivity index is 1.79. The molecule has 3 nitrogen and oxygen atoms in total. The molecule has 0 aliphatic carbocycles. The summed E-state index contributed by atoms with van der Waals surface area (Å²) >= 11 is 5.84. The van der Waals surface area contributed by atoms with E-state index in [2.05, 4.69) is 5.10 Å². The van der Waals surface area contributed by atoms with Crippen molar-refractivity contribution in [3.05, 3.63) is 72.0 Å². The molecule has 19 heavy (non-hydrogen) atoms. The molecule has 0 aliphatic rings. The zero-order chi connectivity index (χ0) is 13.1. The van der Waals surface area contributed by atoms with Gasteiger partial charge in [0.05, 0.1) is 16.9 Å². The van der Waals surface area contributed by atoms with E-state index in [9.17, 15) is 0 Å². The molecule has 2 aromatic carbocycles. The van der Waals surface area contributed by atoms with Crippen LogP contribution in [0.2, 0.25) is 5.02 Å². The van der Waals surface area contributed by atoms with E-state index in [0.29, 0.717) is 5.02 Å². The van der Waals surface area contributed by atoms with Gasteiger partial charge in [-0.3, -0.25) is 0 Å². The maximum atomic E-state index is 5.84. The summed E-state index contributed by atoms with van der Waals surface area (Å²) in [5.74, 6) is 1.60. The summed E-state index contributed by atoms with van der Waals surface area (Å²) in [6, 6.07) is 17.3. The molecule has 3 aromatic rings. The van der Waals surface area contributed by atoms with Gasteiger partial charge in [0.1, 0.15) is 11.5 Å². The number of para-hydroxylation sites is 1. The van der Waals surface area contributed by atoms with E-state index in [-0.39, 0.29) is 0 Å². The zero-order valence-corrected chi connectivity index (χ0v) is 10.8. The molecule has 0 saturated carbocycles. The number of hydrogen-bond acceptors (Lipinski definition) is 2. The number of hydrogen-bond donors (Lipinski definition) is 0. The smallest absolute Gasteiger partial charge is 0.127 e. The van der Waals surface area contributed by atoms with Gasteiger partial charge in [-0.05, 0) is 36.4 Å². The molecule has 4 heteroatoms. The Kier molecular flexibility index (Phi) is 3.21. The van der Waals surface area contributed by atoms with E-state index in [0.717, 1.165) is 17.2 Å².